The molecule has 0 aliphatic rings. The van der Waals surface area contributed by atoms with E-state index in [-0.39, 0.29) is 21.1 Å². The van der Waals surface area contributed by atoms with Crippen molar-refractivity contribution >= 4 is 29.2 Å². The van der Waals surface area contributed by atoms with Gasteiger partial charge in [0.05, 0.1) is 5.56 Å². The van der Waals surface area contributed by atoms with Crippen LogP contribution in [0.1, 0.15) is 35.3 Å². The normalized spacial score (nSPS) is 10.1. The Bertz CT molecular complexity index is 731. The summed E-state index contributed by atoms with van der Waals surface area (Å²) in [5.74, 6) is -3.63. The Hall–Kier alpha value is -2.67. The molecule has 0 atom stereocenters. The number of carboxylic acid groups (broad SMARTS) is 2. The van der Waals surface area contributed by atoms with Crippen LogP contribution in [0.3, 0.4) is 0 Å². The van der Waals surface area contributed by atoms with E-state index in [1.807, 2.05) is 0 Å². The smallest absolute Gasteiger partial charge is 0.349 e. The van der Waals surface area contributed by atoms with Gasteiger partial charge in [-0.1, -0.05) is 17.7 Å². The lowest BCUT2D eigenvalue weighted by atomic mass is 10.1. The molecule has 2 aromatic rings. The molecule has 1 heterocycles. The molecule has 0 radical (unpaired) electrons. The summed E-state index contributed by atoms with van der Waals surface area (Å²) in [6.45, 7) is 1.80. The number of esters is 1. The predicted octanol–water partition coefficient (Wildman–Crippen LogP) is 2.67. The molecule has 0 unspecified atom stereocenters. The van der Waals surface area contributed by atoms with Gasteiger partial charge in [-0.2, -0.15) is 0 Å². The number of aromatic carboxylic acids is 2. The standard InChI is InChI=1S/C14H10O6S/c1-7-3-2-4-8(5-7)14(19)20-9-6-10(12(15)16)21-11(9)13(17)18/h2-6H,1H3,(H,15,16)(H,17,18). The third kappa shape index (κ3) is 3.26. The molecular weight excluding hydrogens is 296 g/mol. The Labute approximate surface area is 123 Å². The van der Waals surface area contributed by atoms with Crippen LogP contribution in [-0.2, 0) is 0 Å². The van der Waals surface area contributed by atoms with Crippen LogP contribution in [0.2, 0.25) is 0 Å². The highest BCUT2D eigenvalue weighted by Crippen LogP contribution is 2.30. The van der Waals surface area contributed by atoms with Crippen molar-refractivity contribution in [3.8, 4) is 5.75 Å². The Kier molecular flexibility index (Phi) is 4.04. The van der Waals surface area contributed by atoms with E-state index in [0.29, 0.717) is 11.3 Å². The van der Waals surface area contributed by atoms with Crippen molar-refractivity contribution in [2.24, 2.45) is 0 Å². The highest BCUT2D eigenvalue weighted by atomic mass is 32.1. The first-order valence-corrected chi connectivity index (χ1v) is 6.59. The summed E-state index contributed by atoms with van der Waals surface area (Å²) >= 11 is 0.540. The first kappa shape index (κ1) is 14.7. The second-order valence-electron chi connectivity index (χ2n) is 4.17. The minimum atomic E-state index is -1.35. The maximum Gasteiger partial charge on any atom is 0.349 e. The van der Waals surface area contributed by atoms with Crippen molar-refractivity contribution in [1.82, 2.24) is 0 Å². The number of rotatable bonds is 4. The van der Waals surface area contributed by atoms with E-state index in [4.69, 9.17) is 14.9 Å². The van der Waals surface area contributed by atoms with Crippen molar-refractivity contribution in [3.05, 3.63) is 51.2 Å². The Morgan fingerprint density at radius 2 is 1.81 bits per heavy atom. The van der Waals surface area contributed by atoms with Crippen molar-refractivity contribution in [3.63, 3.8) is 0 Å². The largest absolute Gasteiger partial charge is 0.477 e. The van der Waals surface area contributed by atoms with Gasteiger partial charge in [0.1, 0.15) is 4.88 Å². The molecular formula is C14H10O6S. The van der Waals surface area contributed by atoms with E-state index < -0.39 is 17.9 Å². The van der Waals surface area contributed by atoms with E-state index >= 15 is 0 Å². The lowest BCUT2D eigenvalue weighted by Gasteiger charge is -2.04. The molecule has 0 aliphatic heterocycles. The zero-order chi connectivity index (χ0) is 15.6. The minimum absolute atomic E-state index is 0.209. The number of carboxylic acids is 2. The molecule has 0 bridgehead atoms. The minimum Gasteiger partial charge on any atom is -0.477 e. The molecule has 0 amide bonds. The predicted molar refractivity (Wildman–Crippen MR) is 74.4 cm³/mol. The summed E-state index contributed by atoms with van der Waals surface area (Å²) in [5.41, 5.74) is 1.11. The number of hydrogen-bond acceptors (Lipinski definition) is 5. The fourth-order valence-corrected chi connectivity index (χ4v) is 2.40. The van der Waals surface area contributed by atoms with Gasteiger partial charge < -0.3 is 14.9 Å². The monoisotopic (exact) mass is 306 g/mol. The van der Waals surface area contributed by atoms with Crippen LogP contribution in [0.25, 0.3) is 0 Å². The maximum absolute atomic E-state index is 12.0. The van der Waals surface area contributed by atoms with Crippen LogP contribution in [0.4, 0.5) is 0 Å². The fraction of sp³-hybridized carbons (Fsp3) is 0.0714. The van der Waals surface area contributed by atoms with Gasteiger partial charge in [0.2, 0.25) is 0 Å². The van der Waals surface area contributed by atoms with E-state index in [9.17, 15) is 14.4 Å². The molecule has 2 N–H and O–H groups in total. The third-order valence-electron chi connectivity index (χ3n) is 2.56. The number of carbonyl (C=O) groups is 3. The summed E-state index contributed by atoms with van der Waals surface area (Å²) in [7, 11) is 0. The highest BCUT2D eigenvalue weighted by Gasteiger charge is 2.22. The van der Waals surface area contributed by atoms with E-state index in [2.05, 4.69) is 0 Å². The van der Waals surface area contributed by atoms with Gasteiger partial charge in [0, 0.05) is 6.07 Å². The number of thiophene rings is 1. The van der Waals surface area contributed by atoms with Gasteiger partial charge in [-0.05, 0) is 19.1 Å². The number of benzene rings is 1. The van der Waals surface area contributed by atoms with E-state index in [0.717, 1.165) is 11.6 Å². The fourth-order valence-electron chi connectivity index (χ4n) is 1.64. The quantitative estimate of drug-likeness (QED) is 0.842. The number of aryl methyl sites for hydroxylation is 1. The number of ether oxygens (including phenoxy) is 1. The average Bonchev–Trinajstić information content (AvgIpc) is 2.83. The lowest BCUT2D eigenvalue weighted by Crippen LogP contribution is -2.10. The molecule has 108 valence electrons. The van der Waals surface area contributed by atoms with Gasteiger partial charge >= 0.3 is 17.9 Å². The van der Waals surface area contributed by atoms with Gasteiger partial charge in [0.25, 0.3) is 0 Å². The summed E-state index contributed by atoms with van der Waals surface area (Å²) in [5, 5.41) is 17.9. The van der Waals surface area contributed by atoms with Crippen LogP contribution >= 0.6 is 11.3 Å². The average molecular weight is 306 g/mol. The second-order valence-corrected chi connectivity index (χ2v) is 5.23. The first-order valence-electron chi connectivity index (χ1n) is 5.77. The maximum atomic E-state index is 12.0. The zero-order valence-corrected chi connectivity index (χ0v) is 11.6. The van der Waals surface area contributed by atoms with Crippen LogP contribution in [-0.4, -0.2) is 28.1 Å². The number of carbonyl (C=O) groups excluding carboxylic acids is 1. The Morgan fingerprint density at radius 1 is 1.10 bits per heavy atom. The summed E-state index contributed by atoms with van der Waals surface area (Å²) in [6, 6.07) is 7.62. The van der Waals surface area contributed by atoms with Gasteiger partial charge in [-0.3, -0.25) is 0 Å². The van der Waals surface area contributed by atoms with Crippen LogP contribution < -0.4 is 4.74 Å². The lowest BCUT2D eigenvalue weighted by molar-refractivity contribution is 0.0676. The second kappa shape index (κ2) is 5.76. The van der Waals surface area contributed by atoms with E-state index in [1.165, 1.54) is 6.07 Å². The Morgan fingerprint density at radius 3 is 2.38 bits per heavy atom. The van der Waals surface area contributed by atoms with Crippen LogP contribution in [0.5, 0.6) is 5.75 Å². The molecule has 0 saturated carbocycles. The topological polar surface area (TPSA) is 101 Å². The van der Waals surface area contributed by atoms with Gasteiger partial charge in [-0.25, -0.2) is 14.4 Å². The molecule has 1 aromatic heterocycles. The van der Waals surface area contributed by atoms with Crippen molar-refractivity contribution in [2.75, 3.05) is 0 Å². The molecule has 7 heteroatoms. The molecule has 0 aliphatic carbocycles. The zero-order valence-electron chi connectivity index (χ0n) is 10.8. The highest BCUT2D eigenvalue weighted by molar-refractivity contribution is 7.16. The molecule has 0 saturated heterocycles. The van der Waals surface area contributed by atoms with Crippen molar-refractivity contribution in [2.45, 2.75) is 6.92 Å². The van der Waals surface area contributed by atoms with Crippen molar-refractivity contribution < 1.29 is 29.3 Å². The molecule has 0 spiro atoms. The summed E-state index contributed by atoms with van der Waals surface area (Å²) in [4.78, 5) is 33.4. The van der Waals surface area contributed by atoms with E-state index in [1.54, 1.807) is 25.1 Å². The van der Waals surface area contributed by atoms with Gasteiger partial charge in [0.15, 0.2) is 10.6 Å². The third-order valence-corrected chi connectivity index (χ3v) is 3.65. The number of hydrogen-bond donors (Lipinski definition) is 2. The van der Waals surface area contributed by atoms with Crippen molar-refractivity contribution in [1.29, 1.82) is 0 Å². The molecule has 21 heavy (non-hydrogen) atoms. The Balaban J connectivity index is 2.32. The summed E-state index contributed by atoms with van der Waals surface area (Å²) in [6.07, 6.45) is 0. The molecule has 1 aromatic carbocycles. The molecule has 2 rings (SSSR count). The summed E-state index contributed by atoms with van der Waals surface area (Å²) < 4.78 is 5.01. The van der Waals surface area contributed by atoms with Gasteiger partial charge in [-0.15, -0.1) is 11.3 Å². The van der Waals surface area contributed by atoms with Crippen LogP contribution in [0.15, 0.2) is 30.3 Å². The first-order chi connectivity index (χ1) is 9.88. The SMILES string of the molecule is Cc1cccc(C(=O)Oc2cc(C(=O)O)sc2C(=O)O)c1. The molecule has 6 nitrogen and oxygen atoms in total. The van der Waals surface area contributed by atoms with Crippen LogP contribution in [0, 0.1) is 6.92 Å². The molecule has 0 fully saturated rings.